The summed E-state index contributed by atoms with van der Waals surface area (Å²) in [4.78, 5) is 14.6. The van der Waals surface area contributed by atoms with Gasteiger partial charge in [-0.1, -0.05) is 27.7 Å². The number of halogens is 1. The van der Waals surface area contributed by atoms with E-state index in [0.717, 1.165) is 26.2 Å². The van der Waals surface area contributed by atoms with Crippen molar-refractivity contribution in [1.82, 2.24) is 4.90 Å². The molecule has 2 heterocycles. The minimum Gasteiger partial charge on any atom is -0.368 e. The molecule has 1 spiro atoms. The highest BCUT2D eigenvalue weighted by Crippen LogP contribution is 2.42. The molecule has 2 fully saturated rings. The van der Waals surface area contributed by atoms with Crippen LogP contribution in [0.1, 0.15) is 27.7 Å². The summed E-state index contributed by atoms with van der Waals surface area (Å²) in [6, 6.07) is 4.39. The van der Waals surface area contributed by atoms with Crippen LogP contribution >= 0.6 is 0 Å². The Balaban J connectivity index is 0.000000510. The van der Waals surface area contributed by atoms with Crippen LogP contribution in [0.4, 0.5) is 15.8 Å². The maximum Gasteiger partial charge on any atom is 0.148 e. The lowest BCUT2D eigenvalue weighted by molar-refractivity contribution is -0.00270. The van der Waals surface area contributed by atoms with Gasteiger partial charge in [0.15, 0.2) is 0 Å². The third kappa shape index (κ3) is 3.59. The van der Waals surface area contributed by atoms with Gasteiger partial charge in [0, 0.05) is 37.7 Å². The first-order valence-electron chi connectivity index (χ1n) is 7.68. The number of benzene rings is 1. The Morgan fingerprint density at radius 3 is 2.10 bits per heavy atom. The minimum absolute atomic E-state index is 0.143. The molecule has 5 heteroatoms. The zero-order valence-corrected chi connectivity index (χ0v) is 13.7. The molecule has 118 valence electrons. The van der Waals surface area contributed by atoms with E-state index in [1.54, 1.807) is 12.1 Å². The molecule has 0 unspecified atom stereocenters. The average Bonchev–Trinajstić information content (AvgIpc) is 2.46. The van der Waals surface area contributed by atoms with Crippen LogP contribution in [0.2, 0.25) is 0 Å². The normalized spacial score (nSPS) is 18.5. The van der Waals surface area contributed by atoms with E-state index in [0.29, 0.717) is 11.1 Å². The molecule has 0 aromatic heterocycles. The van der Waals surface area contributed by atoms with Gasteiger partial charge in [0.25, 0.3) is 0 Å². The Morgan fingerprint density at radius 1 is 1.10 bits per heavy atom. The highest BCUT2D eigenvalue weighted by Gasteiger charge is 2.50. The van der Waals surface area contributed by atoms with Crippen molar-refractivity contribution in [3.05, 3.63) is 28.9 Å². The first-order chi connectivity index (χ1) is 10.1. The van der Waals surface area contributed by atoms with Gasteiger partial charge < -0.3 is 9.80 Å². The molecule has 3 rings (SSSR count). The fourth-order valence-corrected chi connectivity index (χ4v) is 3.04. The predicted molar refractivity (Wildman–Crippen MR) is 86.7 cm³/mol. The van der Waals surface area contributed by atoms with E-state index in [1.165, 1.54) is 6.07 Å². The van der Waals surface area contributed by atoms with Crippen molar-refractivity contribution in [2.45, 2.75) is 27.7 Å². The van der Waals surface area contributed by atoms with Crippen molar-refractivity contribution in [2.24, 2.45) is 10.6 Å². The average molecular weight is 295 g/mol. The van der Waals surface area contributed by atoms with Crippen LogP contribution < -0.4 is 4.90 Å². The van der Waals surface area contributed by atoms with E-state index in [-0.39, 0.29) is 11.5 Å². The second-order valence-corrected chi connectivity index (χ2v) is 5.26. The molecule has 0 amide bonds. The summed E-state index contributed by atoms with van der Waals surface area (Å²) in [6.07, 6.45) is 0. The Kier molecular flexibility index (Phi) is 6.27. The second kappa shape index (κ2) is 7.50. The van der Waals surface area contributed by atoms with Crippen LogP contribution in [0.25, 0.3) is 0 Å². The number of nitrogens with zero attached hydrogens (tertiary/aromatic N) is 3. The summed E-state index contributed by atoms with van der Waals surface area (Å²) < 4.78 is 13.7. The molecule has 21 heavy (non-hydrogen) atoms. The minimum atomic E-state index is -0.357. The molecule has 4 nitrogen and oxygen atoms in total. The summed E-state index contributed by atoms with van der Waals surface area (Å²) in [7, 11) is 2.10. The van der Waals surface area contributed by atoms with Crippen LogP contribution in [0, 0.1) is 16.1 Å². The third-order valence-corrected chi connectivity index (χ3v) is 3.64. The first kappa shape index (κ1) is 17.6. The molecule has 0 radical (unpaired) electrons. The maximum atomic E-state index is 13.7. The van der Waals surface area contributed by atoms with E-state index in [4.69, 9.17) is 0 Å². The molecule has 2 saturated heterocycles. The van der Waals surface area contributed by atoms with Crippen molar-refractivity contribution >= 4 is 11.4 Å². The van der Waals surface area contributed by atoms with Crippen LogP contribution in [0.5, 0.6) is 0 Å². The maximum absolute atomic E-state index is 13.7. The lowest BCUT2D eigenvalue weighted by Gasteiger charge is -2.60. The third-order valence-electron chi connectivity index (χ3n) is 3.64. The van der Waals surface area contributed by atoms with Gasteiger partial charge in [0.2, 0.25) is 0 Å². The molecule has 2 aliphatic rings. The molecule has 0 atom stereocenters. The van der Waals surface area contributed by atoms with E-state index < -0.39 is 0 Å². The predicted octanol–water partition coefficient (Wildman–Crippen LogP) is 4.03. The van der Waals surface area contributed by atoms with Crippen LogP contribution in [0.15, 0.2) is 23.4 Å². The van der Waals surface area contributed by atoms with E-state index in [1.807, 2.05) is 32.6 Å². The largest absolute Gasteiger partial charge is 0.368 e. The summed E-state index contributed by atoms with van der Waals surface area (Å²) in [5.41, 5.74) is 1.10. The molecule has 0 N–H and O–H groups in total. The Morgan fingerprint density at radius 2 is 1.67 bits per heavy atom. The SMILES string of the molecule is CC.CC.CN1CC2(C1)CN(c1ccc(N=O)cc1F)C2. The van der Waals surface area contributed by atoms with Crippen molar-refractivity contribution in [3.63, 3.8) is 0 Å². The summed E-state index contributed by atoms with van der Waals surface area (Å²) >= 11 is 0. The highest BCUT2D eigenvalue weighted by molar-refractivity contribution is 5.56. The number of nitroso groups, excluding NO2 is 1. The molecule has 1 aromatic rings. The van der Waals surface area contributed by atoms with Crippen molar-refractivity contribution < 1.29 is 4.39 Å². The lowest BCUT2D eigenvalue weighted by atomic mass is 9.73. The van der Waals surface area contributed by atoms with Crippen LogP contribution in [-0.4, -0.2) is 38.1 Å². The Bertz CT molecular complexity index is 465. The van der Waals surface area contributed by atoms with E-state index in [2.05, 4.69) is 17.1 Å². The lowest BCUT2D eigenvalue weighted by Crippen LogP contribution is -2.71. The van der Waals surface area contributed by atoms with Crippen molar-refractivity contribution in [3.8, 4) is 0 Å². The standard InChI is InChI=1S/C12H14FN3O.2C2H6/c1-15-5-12(6-15)7-16(8-12)11-3-2-9(14-17)4-10(11)13;2*1-2/h2-4H,5-8H2,1H3;2*1-2H3. The first-order valence-corrected chi connectivity index (χ1v) is 7.68. The van der Waals surface area contributed by atoms with Gasteiger partial charge in [-0.3, -0.25) is 0 Å². The van der Waals surface area contributed by atoms with Gasteiger partial charge in [-0.2, -0.15) is 0 Å². The zero-order valence-electron chi connectivity index (χ0n) is 13.7. The van der Waals surface area contributed by atoms with Gasteiger partial charge in [0.05, 0.1) is 5.69 Å². The number of likely N-dealkylation sites (tertiary alicyclic amines) is 1. The molecule has 0 bridgehead atoms. The topological polar surface area (TPSA) is 35.9 Å². The number of hydrogen-bond donors (Lipinski definition) is 0. The highest BCUT2D eigenvalue weighted by atomic mass is 19.1. The van der Waals surface area contributed by atoms with Gasteiger partial charge >= 0.3 is 0 Å². The van der Waals surface area contributed by atoms with E-state index >= 15 is 0 Å². The van der Waals surface area contributed by atoms with E-state index in [9.17, 15) is 9.30 Å². The van der Waals surface area contributed by atoms with Gasteiger partial charge in [-0.15, -0.1) is 4.91 Å². The number of rotatable bonds is 2. The molecule has 1 aromatic carbocycles. The van der Waals surface area contributed by atoms with Crippen LogP contribution in [0.3, 0.4) is 0 Å². The fraction of sp³-hybridized carbons (Fsp3) is 0.625. The van der Waals surface area contributed by atoms with Crippen LogP contribution in [-0.2, 0) is 0 Å². The van der Waals surface area contributed by atoms with Gasteiger partial charge in [-0.05, 0) is 24.4 Å². The zero-order chi connectivity index (χ0) is 16.0. The van der Waals surface area contributed by atoms with Crippen molar-refractivity contribution in [1.29, 1.82) is 0 Å². The smallest absolute Gasteiger partial charge is 0.148 e. The molecular weight excluding hydrogens is 269 g/mol. The number of hydrogen-bond acceptors (Lipinski definition) is 4. The number of anilines is 1. The summed E-state index contributed by atoms with van der Waals surface area (Å²) in [5.74, 6) is -0.357. The quantitative estimate of drug-likeness (QED) is 0.773. The monoisotopic (exact) mass is 295 g/mol. The van der Waals surface area contributed by atoms with Crippen molar-refractivity contribution in [2.75, 3.05) is 38.1 Å². The molecule has 0 aliphatic carbocycles. The molecule has 0 saturated carbocycles. The van der Waals surface area contributed by atoms with Gasteiger partial charge in [0.1, 0.15) is 11.5 Å². The Labute approximate surface area is 126 Å². The van der Waals surface area contributed by atoms with Gasteiger partial charge in [-0.25, -0.2) is 4.39 Å². The second-order valence-electron chi connectivity index (χ2n) is 5.26. The summed E-state index contributed by atoms with van der Waals surface area (Å²) in [6.45, 7) is 12.0. The molecule has 2 aliphatic heterocycles. The Hall–Kier alpha value is -1.49. The fourth-order valence-electron chi connectivity index (χ4n) is 3.04. The summed E-state index contributed by atoms with van der Waals surface area (Å²) in [5, 5.41) is 2.73. The molecular formula is C16H26FN3O.